The summed E-state index contributed by atoms with van der Waals surface area (Å²) in [7, 11) is 0. The molecule has 126 valence electrons. The first-order chi connectivity index (χ1) is 11.7. The fourth-order valence-corrected chi connectivity index (χ4v) is 3.74. The Balaban J connectivity index is 1.44. The van der Waals surface area contributed by atoms with Crippen molar-refractivity contribution in [3.63, 3.8) is 0 Å². The highest BCUT2D eigenvalue weighted by atomic mass is 16.5. The van der Waals surface area contributed by atoms with E-state index in [0.29, 0.717) is 11.3 Å². The number of carbonyl (C=O) groups is 1. The monoisotopic (exact) mass is 325 g/mol. The number of rotatable bonds is 4. The maximum Gasteiger partial charge on any atom is 0.277 e. The van der Waals surface area contributed by atoms with Crippen molar-refractivity contribution in [1.82, 2.24) is 5.43 Å². The van der Waals surface area contributed by atoms with Crippen LogP contribution in [-0.2, 0) is 4.79 Å². The fourth-order valence-electron chi connectivity index (χ4n) is 3.74. The number of hydrogen-bond donors (Lipinski definition) is 1. The topological polar surface area (TPSA) is 74.5 Å². The van der Waals surface area contributed by atoms with Crippen molar-refractivity contribution >= 4 is 11.6 Å². The number of nitriles is 1. The smallest absolute Gasteiger partial charge is 0.277 e. The van der Waals surface area contributed by atoms with Crippen molar-refractivity contribution in [2.45, 2.75) is 44.9 Å². The van der Waals surface area contributed by atoms with Crippen LogP contribution < -0.4 is 10.2 Å². The molecule has 1 N–H and O–H groups in total. The molecule has 5 nitrogen and oxygen atoms in total. The van der Waals surface area contributed by atoms with Gasteiger partial charge in [0.2, 0.25) is 0 Å². The van der Waals surface area contributed by atoms with Crippen molar-refractivity contribution in [1.29, 1.82) is 5.26 Å². The van der Waals surface area contributed by atoms with E-state index in [2.05, 4.69) is 10.5 Å². The number of carbonyl (C=O) groups excluding carboxylic acids is 1. The Morgan fingerprint density at radius 2 is 1.96 bits per heavy atom. The normalized spacial score (nSPS) is 24.7. The highest BCUT2D eigenvalue weighted by molar-refractivity contribution is 5.87. The second-order valence-electron chi connectivity index (χ2n) is 6.69. The number of nitrogens with zero attached hydrogens (tertiary/aromatic N) is 2. The molecule has 2 aliphatic carbocycles. The van der Waals surface area contributed by atoms with Crippen LogP contribution in [0.1, 0.15) is 50.5 Å². The van der Waals surface area contributed by atoms with Gasteiger partial charge in [0, 0.05) is 5.71 Å². The Labute approximate surface area is 142 Å². The lowest BCUT2D eigenvalue weighted by Gasteiger charge is -2.35. The summed E-state index contributed by atoms with van der Waals surface area (Å²) in [5, 5.41) is 13.1. The van der Waals surface area contributed by atoms with Crippen LogP contribution in [0.5, 0.6) is 5.75 Å². The van der Waals surface area contributed by atoms with Crippen molar-refractivity contribution in [3.05, 3.63) is 29.8 Å². The van der Waals surface area contributed by atoms with Gasteiger partial charge in [0.05, 0.1) is 11.6 Å². The second-order valence-corrected chi connectivity index (χ2v) is 6.69. The third kappa shape index (κ3) is 4.35. The first-order valence-corrected chi connectivity index (χ1v) is 8.72. The molecule has 0 aromatic heterocycles. The van der Waals surface area contributed by atoms with E-state index >= 15 is 0 Å². The predicted octanol–water partition coefficient (Wildman–Crippen LogP) is 3.40. The van der Waals surface area contributed by atoms with Gasteiger partial charge in [0.15, 0.2) is 6.61 Å². The Bertz CT molecular complexity index is 646. The van der Waals surface area contributed by atoms with Gasteiger partial charge in [-0.1, -0.05) is 19.3 Å². The summed E-state index contributed by atoms with van der Waals surface area (Å²) in [6.45, 7) is -0.0747. The number of ether oxygens (including phenoxy) is 1. The summed E-state index contributed by atoms with van der Waals surface area (Å²) in [5.41, 5.74) is 4.29. The van der Waals surface area contributed by atoms with E-state index in [1.807, 2.05) is 6.07 Å². The summed E-state index contributed by atoms with van der Waals surface area (Å²) in [4.78, 5) is 11.9. The van der Waals surface area contributed by atoms with Gasteiger partial charge in [0.1, 0.15) is 5.75 Å². The molecule has 0 bridgehead atoms. The van der Waals surface area contributed by atoms with Crippen molar-refractivity contribution < 1.29 is 9.53 Å². The van der Waals surface area contributed by atoms with Crippen LogP contribution in [0.2, 0.25) is 0 Å². The number of benzene rings is 1. The average molecular weight is 325 g/mol. The number of fused-ring (bicyclic) bond motifs is 1. The summed E-state index contributed by atoms with van der Waals surface area (Å²) < 4.78 is 5.40. The maximum atomic E-state index is 11.9. The molecule has 2 atom stereocenters. The average Bonchev–Trinajstić information content (AvgIpc) is 2.65. The third-order valence-corrected chi connectivity index (χ3v) is 5.06. The molecular formula is C19H23N3O2. The SMILES string of the molecule is N#Cc1ccc(OCC(=O)N/N=C2\CC[C@@H]3CCCC[C@H]3C2)cc1. The van der Waals surface area contributed by atoms with Crippen LogP contribution in [0.15, 0.2) is 29.4 Å². The minimum atomic E-state index is -0.252. The first kappa shape index (κ1) is 16.5. The van der Waals surface area contributed by atoms with Gasteiger partial charge < -0.3 is 4.74 Å². The molecule has 0 radical (unpaired) electrons. The minimum absolute atomic E-state index is 0.0747. The number of nitrogens with one attached hydrogen (secondary N) is 1. The number of hydrazone groups is 1. The Kier molecular flexibility index (Phi) is 5.47. The van der Waals surface area contributed by atoms with Gasteiger partial charge in [-0.3, -0.25) is 4.79 Å². The van der Waals surface area contributed by atoms with Crippen LogP contribution >= 0.6 is 0 Å². The molecule has 0 aliphatic heterocycles. The third-order valence-electron chi connectivity index (χ3n) is 5.06. The molecule has 0 unspecified atom stereocenters. The lowest BCUT2D eigenvalue weighted by molar-refractivity contribution is -0.123. The zero-order valence-electron chi connectivity index (χ0n) is 13.8. The molecule has 0 spiro atoms. The Hall–Kier alpha value is -2.35. The van der Waals surface area contributed by atoms with Crippen LogP contribution in [0.25, 0.3) is 0 Å². The zero-order chi connectivity index (χ0) is 16.8. The van der Waals surface area contributed by atoms with E-state index in [1.165, 1.54) is 32.1 Å². The summed E-state index contributed by atoms with van der Waals surface area (Å²) in [6, 6.07) is 8.73. The van der Waals surface area contributed by atoms with E-state index in [-0.39, 0.29) is 12.5 Å². The van der Waals surface area contributed by atoms with Crippen LogP contribution in [-0.4, -0.2) is 18.2 Å². The van der Waals surface area contributed by atoms with E-state index < -0.39 is 0 Å². The van der Waals surface area contributed by atoms with Gasteiger partial charge in [-0.05, 0) is 61.8 Å². The molecule has 2 fully saturated rings. The lowest BCUT2D eigenvalue weighted by atomic mass is 9.70. The molecular weight excluding hydrogens is 302 g/mol. The molecule has 1 aromatic carbocycles. The number of hydrogen-bond acceptors (Lipinski definition) is 4. The van der Waals surface area contributed by atoms with Crippen molar-refractivity contribution in [2.24, 2.45) is 16.9 Å². The highest BCUT2D eigenvalue weighted by Gasteiger charge is 2.30. The van der Waals surface area contributed by atoms with Gasteiger partial charge in [-0.2, -0.15) is 10.4 Å². The van der Waals surface area contributed by atoms with E-state index in [1.54, 1.807) is 24.3 Å². The predicted molar refractivity (Wildman–Crippen MR) is 91.5 cm³/mol. The quantitative estimate of drug-likeness (QED) is 0.862. The molecule has 1 aromatic rings. The van der Waals surface area contributed by atoms with Gasteiger partial charge in [-0.25, -0.2) is 5.43 Å². The van der Waals surface area contributed by atoms with E-state index in [4.69, 9.17) is 10.00 Å². The molecule has 3 rings (SSSR count). The molecule has 2 aliphatic rings. The van der Waals surface area contributed by atoms with Crippen LogP contribution in [0.4, 0.5) is 0 Å². The molecule has 24 heavy (non-hydrogen) atoms. The highest BCUT2D eigenvalue weighted by Crippen LogP contribution is 2.39. The summed E-state index contributed by atoms with van der Waals surface area (Å²) in [6.07, 6.45) is 8.61. The molecule has 5 heteroatoms. The van der Waals surface area contributed by atoms with Crippen LogP contribution in [0, 0.1) is 23.2 Å². The van der Waals surface area contributed by atoms with Crippen LogP contribution in [0.3, 0.4) is 0 Å². The largest absolute Gasteiger partial charge is 0.484 e. The van der Waals surface area contributed by atoms with E-state index in [0.717, 1.165) is 30.4 Å². The van der Waals surface area contributed by atoms with Gasteiger partial charge in [0.25, 0.3) is 5.91 Å². The molecule has 0 saturated heterocycles. The molecule has 0 heterocycles. The molecule has 2 saturated carbocycles. The Morgan fingerprint density at radius 3 is 2.71 bits per heavy atom. The molecule has 1 amide bonds. The Morgan fingerprint density at radius 1 is 1.21 bits per heavy atom. The maximum absolute atomic E-state index is 11.9. The van der Waals surface area contributed by atoms with Gasteiger partial charge >= 0.3 is 0 Å². The van der Waals surface area contributed by atoms with Crippen molar-refractivity contribution in [2.75, 3.05) is 6.61 Å². The fraction of sp³-hybridized carbons (Fsp3) is 0.526. The summed E-state index contributed by atoms with van der Waals surface area (Å²) in [5.74, 6) is 1.95. The standard InChI is InChI=1S/C19H23N3O2/c20-12-14-5-9-18(10-6-14)24-13-19(23)22-21-17-8-7-15-3-1-2-4-16(15)11-17/h5-6,9-10,15-16H,1-4,7-8,11,13H2,(H,22,23)/b21-17+/t15-,16-/m0/s1. The van der Waals surface area contributed by atoms with Gasteiger partial charge in [-0.15, -0.1) is 0 Å². The second kappa shape index (κ2) is 7.96. The minimum Gasteiger partial charge on any atom is -0.484 e. The van der Waals surface area contributed by atoms with E-state index in [9.17, 15) is 4.79 Å². The lowest BCUT2D eigenvalue weighted by Crippen LogP contribution is -2.31. The van der Waals surface area contributed by atoms with Crippen molar-refractivity contribution in [3.8, 4) is 11.8 Å². The summed E-state index contributed by atoms with van der Waals surface area (Å²) >= 11 is 0. The zero-order valence-corrected chi connectivity index (χ0v) is 13.8. The number of amides is 1. The first-order valence-electron chi connectivity index (χ1n) is 8.72.